The van der Waals surface area contributed by atoms with Gasteiger partial charge in [0.05, 0.1) is 6.10 Å². The molecule has 1 saturated heterocycles. The Hall–Kier alpha value is -1.19. The summed E-state index contributed by atoms with van der Waals surface area (Å²) in [5.74, 6) is 0. The SMILES string of the molecule is O=C[C@H]1CCC[C@H]2O[C@@H](O1)c1ccccc12. The molecule has 0 aliphatic carbocycles. The Morgan fingerprint density at radius 2 is 1.94 bits per heavy atom. The third kappa shape index (κ3) is 1.56. The quantitative estimate of drug-likeness (QED) is 0.679. The van der Waals surface area contributed by atoms with Crippen LogP contribution in [0.2, 0.25) is 0 Å². The zero-order chi connectivity index (χ0) is 11.0. The fraction of sp³-hybridized carbons (Fsp3) is 0.462. The standard InChI is InChI=1S/C13H14O3/c14-8-9-4-3-7-12-10-5-1-2-6-11(10)13(15-9)16-12/h1-2,5-6,8-9,12-13H,3-4,7H2/t9-,12-,13-/m1/s1. The second-order valence-corrected chi connectivity index (χ2v) is 4.33. The van der Waals surface area contributed by atoms with Gasteiger partial charge in [0.15, 0.2) is 6.29 Å². The van der Waals surface area contributed by atoms with Crippen LogP contribution in [-0.2, 0) is 14.3 Å². The van der Waals surface area contributed by atoms with E-state index >= 15 is 0 Å². The second kappa shape index (κ2) is 4.00. The molecule has 3 nitrogen and oxygen atoms in total. The molecule has 0 aromatic heterocycles. The van der Waals surface area contributed by atoms with Crippen molar-refractivity contribution in [2.75, 3.05) is 0 Å². The first kappa shape index (κ1) is 10.00. The molecular formula is C13H14O3. The molecule has 3 atom stereocenters. The zero-order valence-corrected chi connectivity index (χ0v) is 8.96. The fourth-order valence-electron chi connectivity index (χ4n) is 2.47. The first-order valence-corrected chi connectivity index (χ1v) is 5.73. The molecule has 3 rings (SSSR count). The fourth-order valence-corrected chi connectivity index (χ4v) is 2.47. The highest BCUT2D eigenvalue weighted by Crippen LogP contribution is 2.44. The maximum absolute atomic E-state index is 10.8. The van der Waals surface area contributed by atoms with Crippen molar-refractivity contribution in [1.29, 1.82) is 0 Å². The van der Waals surface area contributed by atoms with Gasteiger partial charge in [-0.2, -0.15) is 0 Å². The summed E-state index contributed by atoms with van der Waals surface area (Å²) in [6.07, 6.45) is 3.09. The summed E-state index contributed by atoms with van der Waals surface area (Å²) in [6.45, 7) is 0. The number of fused-ring (bicyclic) bond motifs is 5. The minimum atomic E-state index is -0.350. The lowest BCUT2D eigenvalue weighted by molar-refractivity contribution is -0.194. The molecule has 84 valence electrons. The number of ether oxygens (including phenoxy) is 2. The van der Waals surface area contributed by atoms with Crippen LogP contribution in [0.1, 0.15) is 42.8 Å². The molecule has 3 heteroatoms. The van der Waals surface area contributed by atoms with Crippen molar-refractivity contribution in [3.63, 3.8) is 0 Å². The third-order valence-corrected chi connectivity index (χ3v) is 3.29. The van der Waals surface area contributed by atoms with Gasteiger partial charge in [0, 0.05) is 5.56 Å². The van der Waals surface area contributed by atoms with Crippen LogP contribution in [0.5, 0.6) is 0 Å². The molecule has 2 aliphatic rings. The number of hydrogen-bond donors (Lipinski definition) is 0. The molecule has 0 N–H and O–H groups in total. The van der Waals surface area contributed by atoms with Gasteiger partial charge < -0.3 is 14.3 Å². The average Bonchev–Trinajstić information content (AvgIpc) is 2.65. The predicted molar refractivity (Wildman–Crippen MR) is 57.8 cm³/mol. The number of carbonyl (C=O) groups excluding carboxylic acids is 1. The molecule has 0 radical (unpaired) electrons. The van der Waals surface area contributed by atoms with Crippen molar-refractivity contribution in [2.24, 2.45) is 0 Å². The Kier molecular flexibility index (Phi) is 2.50. The molecule has 16 heavy (non-hydrogen) atoms. The Bertz CT molecular complexity index is 402. The van der Waals surface area contributed by atoms with E-state index in [1.54, 1.807) is 0 Å². The molecule has 1 aromatic rings. The lowest BCUT2D eigenvalue weighted by Crippen LogP contribution is -2.20. The summed E-state index contributed by atoms with van der Waals surface area (Å²) in [6, 6.07) is 8.11. The van der Waals surface area contributed by atoms with Gasteiger partial charge in [-0.1, -0.05) is 24.3 Å². The molecule has 1 fully saturated rings. The van der Waals surface area contributed by atoms with Crippen LogP contribution in [0.25, 0.3) is 0 Å². The number of aldehydes is 1. The molecule has 0 saturated carbocycles. The second-order valence-electron chi connectivity index (χ2n) is 4.33. The Labute approximate surface area is 94.4 Å². The van der Waals surface area contributed by atoms with E-state index in [4.69, 9.17) is 9.47 Å². The van der Waals surface area contributed by atoms with E-state index in [2.05, 4.69) is 6.07 Å². The first-order chi connectivity index (χ1) is 7.88. The predicted octanol–water partition coefficient (Wildman–Crippen LogP) is 2.52. The summed E-state index contributed by atoms with van der Waals surface area (Å²) >= 11 is 0. The van der Waals surface area contributed by atoms with E-state index in [0.29, 0.717) is 0 Å². The van der Waals surface area contributed by atoms with E-state index in [1.165, 1.54) is 5.56 Å². The van der Waals surface area contributed by atoms with Crippen molar-refractivity contribution in [2.45, 2.75) is 37.8 Å². The highest BCUT2D eigenvalue weighted by Gasteiger charge is 2.35. The molecule has 1 aromatic carbocycles. The zero-order valence-electron chi connectivity index (χ0n) is 8.96. The molecule has 0 unspecified atom stereocenters. The average molecular weight is 218 g/mol. The first-order valence-electron chi connectivity index (χ1n) is 5.73. The van der Waals surface area contributed by atoms with Gasteiger partial charge in [0.2, 0.25) is 0 Å². The largest absolute Gasteiger partial charge is 0.340 e. The minimum absolute atomic E-state index is 0.147. The highest BCUT2D eigenvalue weighted by atomic mass is 16.7. The number of carbonyl (C=O) groups is 1. The van der Waals surface area contributed by atoms with Gasteiger partial charge >= 0.3 is 0 Å². The molecule has 2 heterocycles. The van der Waals surface area contributed by atoms with Crippen molar-refractivity contribution in [1.82, 2.24) is 0 Å². The van der Waals surface area contributed by atoms with Crippen LogP contribution >= 0.6 is 0 Å². The van der Waals surface area contributed by atoms with E-state index in [1.807, 2.05) is 18.2 Å². The summed E-state index contributed by atoms with van der Waals surface area (Å²) in [5, 5.41) is 0. The lowest BCUT2D eigenvalue weighted by atomic mass is 10.0. The number of rotatable bonds is 1. The Morgan fingerprint density at radius 3 is 2.75 bits per heavy atom. The van der Waals surface area contributed by atoms with Crippen molar-refractivity contribution in [3.8, 4) is 0 Å². The summed E-state index contributed by atoms with van der Waals surface area (Å²) in [5.41, 5.74) is 2.31. The third-order valence-electron chi connectivity index (χ3n) is 3.29. The van der Waals surface area contributed by atoms with Crippen LogP contribution in [0.3, 0.4) is 0 Å². The molecule has 2 bridgehead atoms. The van der Waals surface area contributed by atoms with Crippen LogP contribution in [-0.4, -0.2) is 12.4 Å². The van der Waals surface area contributed by atoms with Gasteiger partial charge in [-0.15, -0.1) is 0 Å². The van der Waals surface area contributed by atoms with Crippen LogP contribution in [0.4, 0.5) is 0 Å². The van der Waals surface area contributed by atoms with Gasteiger partial charge in [0.1, 0.15) is 12.4 Å². The van der Waals surface area contributed by atoms with Gasteiger partial charge in [-0.25, -0.2) is 0 Å². The summed E-state index contributed by atoms with van der Waals surface area (Å²) < 4.78 is 11.5. The number of benzene rings is 1. The summed E-state index contributed by atoms with van der Waals surface area (Å²) in [7, 11) is 0. The Morgan fingerprint density at radius 1 is 1.12 bits per heavy atom. The molecular weight excluding hydrogens is 204 g/mol. The van der Waals surface area contributed by atoms with Crippen molar-refractivity contribution < 1.29 is 14.3 Å². The number of hydrogen-bond acceptors (Lipinski definition) is 3. The summed E-state index contributed by atoms with van der Waals surface area (Å²) in [4.78, 5) is 10.8. The van der Waals surface area contributed by atoms with Crippen molar-refractivity contribution in [3.05, 3.63) is 35.4 Å². The monoisotopic (exact) mass is 218 g/mol. The topological polar surface area (TPSA) is 35.5 Å². The normalized spacial score (nSPS) is 32.6. The van der Waals surface area contributed by atoms with E-state index in [0.717, 1.165) is 31.1 Å². The van der Waals surface area contributed by atoms with E-state index in [-0.39, 0.29) is 18.5 Å². The lowest BCUT2D eigenvalue weighted by Gasteiger charge is -2.22. The Balaban J connectivity index is 1.95. The smallest absolute Gasteiger partial charge is 0.185 e. The van der Waals surface area contributed by atoms with Crippen molar-refractivity contribution >= 4 is 6.29 Å². The maximum atomic E-state index is 10.8. The van der Waals surface area contributed by atoms with Crippen LogP contribution < -0.4 is 0 Å². The van der Waals surface area contributed by atoms with Gasteiger partial charge in [0.25, 0.3) is 0 Å². The van der Waals surface area contributed by atoms with E-state index in [9.17, 15) is 4.79 Å². The van der Waals surface area contributed by atoms with Gasteiger partial charge in [-0.05, 0) is 24.8 Å². The molecule has 0 spiro atoms. The van der Waals surface area contributed by atoms with Crippen LogP contribution in [0, 0.1) is 0 Å². The van der Waals surface area contributed by atoms with Gasteiger partial charge in [-0.3, -0.25) is 0 Å². The van der Waals surface area contributed by atoms with Crippen LogP contribution in [0.15, 0.2) is 24.3 Å². The molecule has 2 aliphatic heterocycles. The minimum Gasteiger partial charge on any atom is -0.340 e. The highest BCUT2D eigenvalue weighted by molar-refractivity contribution is 5.56. The maximum Gasteiger partial charge on any atom is 0.185 e. The molecule has 0 amide bonds. The van der Waals surface area contributed by atoms with E-state index < -0.39 is 0 Å².